The summed E-state index contributed by atoms with van der Waals surface area (Å²) < 4.78 is 14.7. The van der Waals surface area contributed by atoms with Gasteiger partial charge in [0.15, 0.2) is 0 Å². The first kappa shape index (κ1) is 14.9. The molecule has 0 aromatic heterocycles. The Morgan fingerprint density at radius 3 is 2.63 bits per heavy atom. The highest BCUT2D eigenvalue weighted by atomic mass is 79.9. The van der Waals surface area contributed by atoms with E-state index in [9.17, 15) is 4.39 Å². The molecule has 0 saturated heterocycles. The molecule has 106 valence electrons. The summed E-state index contributed by atoms with van der Waals surface area (Å²) in [7, 11) is 4.14. The fourth-order valence-electron chi connectivity index (χ4n) is 2.87. The quantitative estimate of drug-likeness (QED) is 0.909. The molecule has 0 atom stereocenters. The molecular weight excluding hydrogens is 307 g/mol. The lowest BCUT2D eigenvalue weighted by Gasteiger charge is -2.34. The van der Waals surface area contributed by atoms with Crippen molar-refractivity contribution in [2.45, 2.75) is 44.3 Å². The van der Waals surface area contributed by atoms with Crippen molar-refractivity contribution in [3.05, 3.63) is 34.1 Å². The van der Waals surface area contributed by atoms with Gasteiger partial charge >= 0.3 is 0 Å². The van der Waals surface area contributed by atoms with E-state index in [1.54, 1.807) is 6.07 Å². The Kier molecular flexibility index (Phi) is 5.37. The maximum atomic E-state index is 13.8. The summed E-state index contributed by atoms with van der Waals surface area (Å²) in [6, 6.07) is 6.39. The van der Waals surface area contributed by atoms with Crippen LogP contribution in [0.15, 0.2) is 22.7 Å². The molecule has 0 spiro atoms. The third kappa shape index (κ3) is 4.01. The molecule has 0 bridgehead atoms. The van der Waals surface area contributed by atoms with E-state index < -0.39 is 0 Å². The predicted octanol–water partition coefficient (Wildman–Crippen LogP) is 3.55. The third-order valence-electron chi connectivity index (χ3n) is 4.16. The number of rotatable bonds is 4. The van der Waals surface area contributed by atoms with Crippen molar-refractivity contribution in [2.24, 2.45) is 0 Å². The third-order valence-corrected chi connectivity index (χ3v) is 4.65. The average molecular weight is 329 g/mol. The minimum absolute atomic E-state index is 0.112. The maximum Gasteiger partial charge on any atom is 0.127 e. The van der Waals surface area contributed by atoms with Crippen LogP contribution in [0.2, 0.25) is 0 Å². The lowest BCUT2D eigenvalue weighted by molar-refractivity contribution is 0.168. The van der Waals surface area contributed by atoms with Crippen molar-refractivity contribution in [3.8, 4) is 0 Å². The fourth-order valence-corrected chi connectivity index (χ4v) is 3.28. The number of nitrogens with one attached hydrogen (secondary N) is 1. The summed E-state index contributed by atoms with van der Waals surface area (Å²) in [5, 5.41) is 3.34. The monoisotopic (exact) mass is 328 g/mol. The van der Waals surface area contributed by atoms with Crippen molar-refractivity contribution in [1.82, 2.24) is 10.2 Å². The van der Waals surface area contributed by atoms with E-state index in [1.807, 2.05) is 13.1 Å². The Morgan fingerprint density at radius 2 is 2.00 bits per heavy atom. The van der Waals surface area contributed by atoms with E-state index in [0.29, 0.717) is 18.6 Å². The van der Waals surface area contributed by atoms with Gasteiger partial charge in [-0.15, -0.1) is 0 Å². The van der Waals surface area contributed by atoms with Crippen molar-refractivity contribution in [2.75, 3.05) is 14.1 Å². The molecule has 4 heteroatoms. The van der Waals surface area contributed by atoms with E-state index in [1.165, 1.54) is 31.7 Å². The Hall–Kier alpha value is -0.450. The Balaban J connectivity index is 1.94. The van der Waals surface area contributed by atoms with Crippen molar-refractivity contribution in [3.63, 3.8) is 0 Å². The van der Waals surface area contributed by atoms with Crippen LogP contribution in [0, 0.1) is 5.82 Å². The van der Waals surface area contributed by atoms with Gasteiger partial charge in [0, 0.05) is 28.7 Å². The van der Waals surface area contributed by atoms with Gasteiger partial charge in [-0.2, -0.15) is 0 Å². The van der Waals surface area contributed by atoms with Gasteiger partial charge in [0.05, 0.1) is 0 Å². The molecule has 0 amide bonds. The van der Waals surface area contributed by atoms with Gasteiger partial charge in [-0.25, -0.2) is 4.39 Å². The molecule has 1 aliphatic carbocycles. The van der Waals surface area contributed by atoms with Crippen LogP contribution in [0.25, 0.3) is 0 Å². The van der Waals surface area contributed by atoms with Crippen LogP contribution >= 0.6 is 15.9 Å². The number of nitrogens with zero attached hydrogens (tertiary/aromatic N) is 1. The predicted molar refractivity (Wildman–Crippen MR) is 80.7 cm³/mol. The van der Waals surface area contributed by atoms with Crippen LogP contribution < -0.4 is 5.32 Å². The number of benzene rings is 1. The SMILES string of the molecule is CNC1CCC(N(C)Cc2cc(Br)ccc2F)CC1. The molecule has 1 aromatic rings. The molecule has 2 nitrogen and oxygen atoms in total. The van der Waals surface area contributed by atoms with Gasteiger partial charge in [0.2, 0.25) is 0 Å². The summed E-state index contributed by atoms with van der Waals surface area (Å²) in [6.45, 7) is 0.681. The molecule has 1 fully saturated rings. The molecule has 19 heavy (non-hydrogen) atoms. The molecular formula is C15H22BrFN2. The summed E-state index contributed by atoms with van der Waals surface area (Å²) in [6.07, 6.45) is 4.81. The molecule has 2 rings (SSSR count). The summed E-state index contributed by atoms with van der Waals surface area (Å²) >= 11 is 3.41. The largest absolute Gasteiger partial charge is 0.317 e. The van der Waals surface area contributed by atoms with E-state index in [0.717, 1.165) is 10.0 Å². The van der Waals surface area contributed by atoms with Crippen LogP contribution in [0.5, 0.6) is 0 Å². The summed E-state index contributed by atoms with van der Waals surface area (Å²) in [4.78, 5) is 2.29. The van der Waals surface area contributed by atoms with Gasteiger partial charge in [-0.1, -0.05) is 15.9 Å². The molecule has 1 saturated carbocycles. The minimum Gasteiger partial charge on any atom is -0.317 e. The van der Waals surface area contributed by atoms with Crippen LogP contribution in [0.4, 0.5) is 4.39 Å². The summed E-state index contributed by atoms with van der Waals surface area (Å²) in [5.74, 6) is -0.112. The van der Waals surface area contributed by atoms with Crippen molar-refractivity contribution < 1.29 is 4.39 Å². The lowest BCUT2D eigenvalue weighted by atomic mass is 9.90. The second-order valence-electron chi connectivity index (χ2n) is 5.44. The van der Waals surface area contributed by atoms with Gasteiger partial charge in [0.25, 0.3) is 0 Å². The number of hydrogen-bond acceptors (Lipinski definition) is 2. The first-order valence-electron chi connectivity index (χ1n) is 6.91. The first-order valence-corrected chi connectivity index (χ1v) is 7.71. The number of halogens is 2. The molecule has 0 unspecified atom stereocenters. The van der Waals surface area contributed by atoms with Gasteiger partial charge in [0.1, 0.15) is 5.82 Å². The topological polar surface area (TPSA) is 15.3 Å². The zero-order chi connectivity index (χ0) is 13.8. The molecule has 1 aliphatic rings. The lowest BCUT2D eigenvalue weighted by Crippen LogP contribution is -2.39. The first-order chi connectivity index (χ1) is 9.10. The zero-order valence-corrected chi connectivity index (χ0v) is 13.2. The van der Waals surface area contributed by atoms with E-state index in [4.69, 9.17) is 0 Å². The average Bonchev–Trinajstić information content (AvgIpc) is 2.43. The van der Waals surface area contributed by atoms with Gasteiger partial charge < -0.3 is 5.32 Å². The molecule has 0 heterocycles. The van der Waals surface area contributed by atoms with Gasteiger partial charge in [-0.3, -0.25) is 4.90 Å². The van der Waals surface area contributed by atoms with E-state index >= 15 is 0 Å². The molecule has 0 aliphatic heterocycles. The molecule has 1 N–H and O–H groups in total. The smallest absolute Gasteiger partial charge is 0.127 e. The van der Waals surface area contributed by atoms with Crippen LogP contribution in [-0.4, -0.2) is 31.1 Å². The number of hydrogen-bond donors (Lipinski definition) is 1. The fraction of sp³-hybridized carbons (Fsp3) is 0.600. The Bertz CT molecular complexity index is 417. The van der Waals surface area contributed by atoms with Crippen LogP contribution in [0.1, 0.15) is 31.2 Å². The van der Waals surface area contributed by atoms with Crippen LogP contribution in [0.3, 0.4) is 0 Å². The van der Waals surface area contributed by atoms with Crippen molar-refractivity contribution in [1.29, 1.82) is 0 Å². The van der Waals surface area contributed by atoms with Crippen molar-refractivity contribution >= 4 is 15.9 Å². The Morgan fingerprint density at radius 1 is 1.32 bits per heavy atom. The highest BCUT2D eigenvalue weighted by Crippen LogP contribution is 2.24. The minimum atomic E-state index is -0.112. The molecule has 1 aromatic carbocycles. The highest BCUT2D eigenvalue weighted by Gasteiger charge is 2.23. The van der Waals surface area contributed by atoms with E-state index in [-0.39, 0.29) is 5.82 Å². The highest BCUT2D eigenvalue weighted by molar-refractivity contribution is 9.10. The Labute approximate surface area is 123 Å². The molecule has 0 radical (unpaired) electrons. The maximum absolute atomic E-state index is 13.8. The van der Waals surface area contributed by atoms with Gasteiger partial charge in [-0.05, 0) is 58.0 Å². The second-order valence-corrected chi connectivity index (χ2v) is 6.36. The standard InChI is InChI=1S/C15H22BrFN2/c1-18-13-4-6-14(7-5-13)19(2)10-11-9-12(16)3-8-15(11)17/h3,8-9,13-14,18H,4-7,10H2,1-2H3. The second kappa shape index (κ2) is 6.82. The zero-order valence-electron chi connectivity index (χ0n) is 11.6. The summed E-state index contributed by atoms with van der Waals surface area (Å²) in [5.41, 5.74) is 0.771. The normalized spacial score (nSPS) is 23.8. The van der Waals surface area contributed by atoms with E-state index in [2.05, 4.69) is 33.2 Å². The van der Waals surface area contributed by atoms with Crippen LogP contribution in [-0.2, 0) is 6.54 Å².